The van der Waals surface area contributed by atoms with Crippen LogP contribution in [0, 0.1) is 46.3 Å². The molecule has 9 aliphatic rings. The van der Waals surface area contributed by atoms with Crippen molar-refractivity contribution in [1.82, 2.24) is 5.32 Å². The Hall–Kier alpha value is -0.900. The molecule has 16 nitrogen and oxygen atoms in total. The van der Waals surface area contributed by atoms with Gasteiger partial charge in [-0.25, -0.2) is 0 Å². The molecule has 26 atom stereocenters. The zero-order valence-electron chi connectivity index (χ0n) is 36.6. The van der Waals surface area contributed by atoms with Crippen LogP contribution in [-0.2, 0) is 33.2 Å². The average molecular weight is 868 g/mol. The fourth-order valence-corrected chi connectivity index (χ4v) is 14.2. The molecule has 0 amide bonds. The van der Waals surface area contributed by atoms with E-state index < -0.39 is 98.7 Å². The smallest absolute Gasteiger partial charge is 0.187 e. The number of fused-ring (bicyclic) bond motifs is 7. The fraction of sp³-hybridized carbons (Fsp3) is 0.956. The Bertz CT molecular complexity index is 1600. The topological polar surface area (TPSA) is 238 Å². The van der Waals surface area contributed by atoms with Crippen LogP contribution in [0.25, 0.3) is 0 Å². The number of aliphatic hydroxyl groups is 8. The summed E-state index contributed by atoms with van der Waals surface area (Å²) >= 11 is 0. The van der Waals surface area contributed by atoms with E-state index in [0.717, 1.165) is 32.2 Å². The van der Waals surface area contributed by atoms with E-state index >= 15 is 0 Å². The Morgan fingerprint density at radius 2 is 1.36 bits per heavy atom. The minimum absolute atomic E-state index is 0.00472. The van der Waals surface area contributed by atoms with Crippen molar-refractivity contribution in [1.29, 1.82) is 0 Å². The number of nitrogens with one attached hydrogen (secondary N) is 1. The molecule has 0 radical (unpaired) electrons. The molecule has 5 heterocycles. The van der Waals surface area contributed by atoms with Crippen LogP contribution < -0.4 is 5.32 Å². The van der Waals surface area contributed by atoms with Crippen LogP contribution >= 0.6 is 0 Å². The molecule has 8 fully saturated rings. The second-order valence-corrected chi connectivity index (χ2v) is 21.2. The standard InChI is InChI=1S/C45H73NO15/c1-19-9-14-45(46-17-19)20(2)30-28(61-45)16-27-25-8-7-23-15-24(10-12-43(23,5)26(25)11-13-44(27,30)6)57-42-39(60-41-36(53)34(51)32(49)22(4)56-41)37(54)38(29(18-47)58-42)59-40-35(52)33(50)31(48)21(3)55-40/h7,19-22,24-42,46-54H,8-18H2,1-6H3/t19-,20+,21+,22+,24+,25-,26+,27+,28?,29-,30+,31+,32+,33-,34-,35-,36-,37+,38-,39-,40+,41+,42-,43+,44+,45-/m1/s1. The molecule has 9 rings (SSSR count). The highest BCUT2D eigenvalue weighted by molar-refractivity contribution is 5.26. The molecular formula is C45H73NO15. The van der Waals surface area contributed by atoms with E-state index in [-0.39, 0.29) is 22.7 Å². The molecule has 1 spiro atoms. The van der Waals surface area contributed by atoms with Gasteiger partial charge in [-0.2, -0.15) is 0 Å². The van der Waals surface area contributed by atoms with Crippen molar-refractivity contribution in [2.45, 2.75) is 209 Å². The minimum Gasteiger partial charge on any atom is -0.394 e. The SMILES string of the molecule is C[C@@H]1CC[C@@]2(NC1)OC1C[C@H]3[C@@H]4CC=C5C[C@@H](O[C@@H]6O[C@H](CO)[C@@H](O[C@@H]7O[C@@H](C)[C@H](O)[C@@H](O)[C@H]7O)[C@H](O)[C@H]6O[C@@H]6O[C@@H](C)[C@H](O)[C@@H](O)[C@H]6O)CC[C@]5(C)[C@H]4CC[C@]3(C)[C@H]1[C@@H]2C. The largest absolute Gasteiger partial charge is 0.394 e. The monoisotopic (exact) mass is 867 g/mol. The van der Waals surface area contributed by atoms with Gasteiger partial charge in [-0.15, -0.1) is 0 Å². The van der Waals surface area contributed by atoms with Gasteiger partial charge in [0.15, 0.2) is 18.9 Å². The van der Waals surface area contributed by atoms with Gasteiger partial charge in [0.05, 0.1) is 31.0 Å². The van der Waals surface area contributed by atoms with Crippen molar-refractivity contribution in [2.75, 3.05) is 13.2 Å². The first-order valence-electron chi connectivity index (χ1n) is 23.3. The maximum Gasteiger partial charge on any atom is 0.187 e. The zero-order chi connectivity index (χ0) is 43.5. The lowest BCUT2D eigenvalue weighted by atomic mass is 9.47. The van der Waals surface area contributed by atoms with E-state index in [0.29, 0.717) is 54.5 Å². The summed E-state index contributed by atoms with van der Waals surface area (Å²) in [4.78, 5) is 0. The van der Waals surface area contributed by atoms with Crippen LogP contribution in [0.2, 0.25) is 0 Å². The predicted octanol–water partition coefficient (Wildman–Crippen LogP) is 0.815. The summed E-state index contributed by atoms with van der Waals surface area (Å²) in [6.45, 7) is 13.2. The number of rotatable bonds is 7. The maximum absolute atomic E-state index is 12.0. The van der Waals surface area contributed by atoms with E-state index in [1.807, 2.05) is 0 Å². The highest BCUT2D eigenvalue weighted by Crippen LogP contribution is 2.70. The summed E-state index contributed by atoms with van der Waals surface area (Å²) in [5, 5.41) is 89.8. The quantitative estimate of drug-likeness (QED) is 0.161. The molecular weight excluding hydrogens is 794 g/mol. The number of aliphatic hydroxyl groups excluding tert-OH is 8. The van der Waals surface area contributed by atoms with Gasteiger partial charge in [-0.1, -0.05) is 39.3 Å². The third kappa shape index (κ3) is 7.42. The Balaban J connectivity index is 0.916. The summed E-state index contributed by atoms with van der Waals surface area (Å²) in [7, 11) is 0. The van der Waals surface area contributed by atoms with Crippen LogP contribution in [0.4, 0.5) is 0 Å². The van der Waals surface area contributed by atoms with E-state index in [9.17, 15) is 40.9 Å². The van der Waals surface area contributed by atoms with Crippen LogP contribution in [0.15, 0.2) is 11.6 Å². The second kappa shape index (κ2) is 16.8. The molecule has 0 aromatic rings. The number of allylic oxidation sites excluding steroid dienone is 1. The number of ether oxygens (including phenoxy) is 7. The molecule has 9 N–H and O–H groups in total. The van der Waals surface area contributed by atoms with Gasteiger partial charge in [0.2, 0.25) is 0 Å². The molecule has 3 saturated carbocycles. The van der Waals surface area contributed by atoms with Crippen molar-refractivity contribution in [3.63, 3.8) is 0 Å². The molecule has 0 bridgehead atoms. The Morgan fingerprint density at radius 3 is 1.98 bits per heavy atom. The molecule has 5 aliphatic heterocycles. The van der Waals surface area contributed by atoms with Crippen molar-refractivity contribution in [2.24, 2.45) is 46.3 Å². The van der Waals surface area contributed by atoms with E-state index in [2.05, 4.69) is 39.1 Å². The van der Waals surface area contributed by atoms with E-state index in [4.69, 9.17) is 33.2 Å². The molecule has 4 aliphatic carbocycles. The normalized spacial score (nSPS) is 58.4. The van der Waals surface area contributed by atoms with Gasteiger partial charge in [0, 0.05) is 12.5 Å². The van der Waals surface area contributed by atoms with Crippen molar-refractivity contribution in [3.8, 4) is 0 Å². The third-order valence-electron chi connectivity index (χ3n) is 17.9. The first kappa shape index (κ1) is 45.3. The fourth-order valence-electron chi connectivity index (χ4n) is 14.2. The van der Waals surface area contributed by atoms with Gasteiger partial charge in [-0.05, 0) is 112 Å². The van der Waals surface area contributed by atoms with Crippen molar-refractivity contribution in [3.05, 3.63) is 11.6 Å². The first-order valence-corrected chi connectivity index (χ1v) is 23.3. The minimum atomic E-state index is -1.70. The van der Waals surface area contributed by atoms with E-state index in [1.165, 1.54) is 38.7 Å². The number of hydrogen-bond donors (Lipinski definition) is 9. The van der Waals surface area contributed by atoms with Gasteiger partial charge in [0.25, 0.3) is 0 Å². The first-order chi connectivity index (χ1) is 28.9. The second-order valence-electron chi connectivity index (χ2n) is 21.2. The van der Waals surface area contributed by atoms with Gasteiger partial charge >= 0.3 is 0 Å². The number of hydrogen-bond acceptors (Lipinski definition) is 16. The lowest BCUT2D eigenvalue weighted by molar-refractivity contribution is -0.388. The Kier molecular flexibility index (Phi) is 12.4. The summed E-state index contributed by atoms with van der Waals surface area (Å²) < 4.78 is 43.7. The molecule has 16 heteroatoms. The third-order valence-corrected chi connectivity index (χ3v) is 17.9. The summed E-state index contributed by atoms with van der Waals surface area (Å²) in [6, 6.07) is 0. The van der Waals surface area contributed by atoms with Crippen LogP contribution in [0.1, 0.15) is 99.3 Å². The maximum atomic E-state index is 12.0. The lowest BCUT2D eigenvalue weighted by Gasteiger charge is -2.59. The molecule has 0 aromatic heterocycles. The van der Waals surface area contributed by atoms with Crippen molar-refractivity contribution >= 4 is 0 Å². The Labute approximate surface area is 359 Å². The van der Waals surface area contributed by atoms with Crippen LogP contribution in [0.3, 0.4) is 0 Å². The Morgan fingerprint density at radius 1 is 0.705 bits per heavy atom. The highest BCUT2D eigenvalue weighted by Gasteiger charge is 2.68. The average Bonchev–Trinajstić information content (AvgIpc) is 3.69. The lowest BCUT2D eigenvalue weighted by Crippen LogP contribution is -2.66. The summed E-state index contributed by atoms with van der Waals surface area (Å²) in [5.74, 6) is 3.43. The van der Waals surface area contributed by atoms with E-state index in [1.54, 1.807) is 0 Å². The molecule has 61 heavy (non-hydrogen) atoms. The number of piperidine rings is 1. The summed E-state index contributed by atoms with van der Waals surface area (Å²) in [5.41, 5.74) is 1.41. The summed E-state index contributed by atoms with van der Waals surface area (Å²) in [6.07, 6.45) is -9.93. The zero-order valence-corrected chi connectivity index (χ0v) is 36.6. The molecule has 1 unspecified atom stereocenters. The molecule has 348 valence electrons. The van der Waals surface area contributed by atoms with Crippen molar-refractivity contribution < 1.29 is 74.0 Å². The predicted molar refractivity (Wildman–Crippen MR) is 215 cm³/mol. The van der Waals surface area contributed by atoms with Gasteiger partial charge in [0.1, 0.15) is 66.8 Å². The highest BCUT2D eigenvalue weighted by atomic mass is 16.8. The molecule has 0 aromatic carbocycles. The van der Waals surface area contributed by atoms with Crippen LogP contribution in [0.5, 0.6) is 0 Å². The molecule has 5 saturated heterocycles. The van der Waals surface area contributed by atoms with Crippen LogP contribution in [-0.4, -0.2) is 164 Å². The van der Waals surface area contributed by atoms with Gasteiger partial charge in [-0.3, -0.25) is 5.32 Å². The van der Waals surface area contributed by atoms with Gasteiger partial charge < -0.3 is 74.0 Å².